The van der Waals surface area contributed by atoms with Crippen molar-refractivity contribution in [3.05, 3.63) is 33.6 Å². The van der Waals surface area contributed by atoms with Crippen LogP contribution in [-0.4, -0.2) is 23.0 Å². The number of aromatic nitrogens is 2. The summed E-state index contributed by atoms with van der Waals surface area (Å²) in [6.07, 6.45) is 0. The van der Waals surface area contributed by atoms with Gasteiger partial charge >= 0.3 is 0 Å². The van der Waals surface area contributed by atoms with Gasteiger partial charge in [-0.2, -0.15) is 4.98 Å². The molecule has 0 bridgehead atoms. The molecule has 3 rings (SSSR count). The zero-order valence-electron chi connectivity index (χ0n) is 10.2. The molecule has 0 saturated carbocycles. The normalized spacial score (nSPS) is 10.7. The summed E-state index contributed by atoms with van der Waals surface area (Å²) in [7, 11) is 1.47. The standard InChI is InChI=1S/C12H8ClN3O2S2/c1-18-10-5-9(13)14-12(15-10)16-11(17)8-4-7-6(20-8)2-3-19-7/h2-5H,1H3,(H,14,15,16,17). The van der Waals surface area contributed by atoms with Gasteiger partial charge in [0.15, 0.2) is 0 Å². The van der Waals surface area contributed by atoms with Crippen molar-refractivity contribution in [3.8, 4) is 5.88 Å². The van der Waals surface area contributed by atoms with Crippen LogP contribution >= 0.6 is 34.3 Å². The number of anilines is 1. The largest absolute Gasteiger partial charge is 0.481 e. The molecule has 0 spiro atoms. The minimum absolute atomic E-state index is 0.121. The molecule has 1 amide bonds. The molecule has 0 unspecified atom stereocenters. The topological polar surface area (TPSA) is 64.1 Å². The molecule has 5 nitrogen and oxygen atoms in total. The number of halogens is 1. The first-order valence-corrected chi connectivity index (χ1v) is 7.60. The van der Waals surface area contributed by atoms with Crippen LogP contribution in [0.25, 0.3) is 9.40 Å². The Morgan fingerprint density at radius 1 is 1.35 bits per heavy atom. The van der Waals surface area contributed by atoms with Crippen molar-refractivity contribution in [2.24, 2.45) is 0 Å². The molecule has 0 aliphatic heterocycles. The van der Waals surface area contributed by atoms with Gasteiger partial charge in [-0.1, -0.05) is 11.6 Å². The van der Waals surface area contributed by atoms with Crippen LogP contribution < -0.4 is 10.1 Å². The van der Waals surface area contributed by atoms with Gasteiger partial charge in [0.2, 0.25) is 11.8 Å². The van der Waals surface area contributed by atoms with Crippen LogP contribution in [-0.2, 0) is 0 Å². The first-order valence-electron chi connectivity index (χ1n) is 5.52. The van der Waals surface area contributed by atoms with Gasteiger partial charge < -0.3 is 4.74 Å². The number of nitrogens with zero attached hydrogens (tertiary/aromatic N) is 2. The number of fused-ring (bicyclic) bond motifs is 1. The lowest BCUT2D eigenvalue weighted by Gasteiger charge is -2.04. The molecule has 0 atom stereocenters. The lowest BCUT2D eigenvalue weighted by molar-refractivity contribution is 0.102. The summed E-state index contributed by atoms with van der Waals surface area (Å²) in [5.41, 5.74) is 0. The van der Waals surface area contributed by atoms with Gasteiger partial charge in [-0.05, 0) is 17.5 Å². The van der Waals surface area contributed by atoms with E-state index >= 15 is 0 Å². The second-order valence-electron chi connectivity index (χ2n) is 3.77. The van der Waals surface area contributed by atoms with Crippen LogP contribution in [0.2, 0.25) is 5.15 Å². The molecule has 0 fully saturated rings. The maximum Gasteiger partial charge on any atom is 0.268 e. The van der Waals surface area contributed by atoms with Crippen LogP contribution in [0.5, 0.6) is 5.88 Å². The van der Waals surface area contributed by atoms with Crippen molar-refractivity contribution in [1.29, 1.82) is 0 Å². The molecule has 0 aliphatic rings. The van der Waals surface area contributed by atoms with E-state index in [1.54, 1.807) is 11.3 Å². The van der Waals surface area contributed by atoms with E-state index < -0.39 is 0 Å². The van der Waals surface area contributed by atoms with Crippen molar-refractivity contribution < 1.29 is 9.53 Å². The van der Waals surface area contributed by atoms with E-state index in [-0.39, 0.29) is 17.0 Å². The summed E-state index contributed by atoms with van der Waals surface area (Å²) < 4.78 is 7.15. The Balaban J connectivity index is 1.85. The Labute approximate surface area is 127 Å². The fourth-order valence-electron chi connectivity index (χ4n) is 1.60. The number of amides is 1. The second kappa shape index (κ2) is 5.35. The number of carbonyl (C=O) groups is 1. The first kappa shape index (κ1) is 13.3. The number of rotatable bonds is 3. The molecule has 0 saturated heterocycles. The monoisotopic (exact) mass is 325 g/mol. The first-order chi connectivity index (χ1) is 9.65. The number of methoxy groups -OCH3 is 1. The molecule has 8 heteroatoms. The quantitative estimate of drug-likeness (QED) is 0.746. The molecular formula is C12H8ClN3O2S2. The molecule has 1 N–H and O–H groups in total. The fourth-order valence-corrected chi connectivity index (χ4v) is 3.78. The van der Waals surface area contributed by atoms with E-state index in [2.05, 4.69) is 15.3 Å². The van der Waals surface area contributed by atoms with E-state index in [1.807, 2.05) is 17.5 Å². The van der Waals surface area contributed by atoms with Gasteiger partial charge in [-0.3, -0.25) is 10.1 Å². The zero-order chi connectivity index (χ0) is 14.1. The molecule has 0 aromatic carbocycles. The molecule has 0 radical (unpaired) electrons. The van der Waals surface area contributed by atoms with E-state index in [0.717, 1.165) is 9.40 Å². The summed E-state index contributed by atoms with van der Waals surface area (Å²) in [5.74, 6) is 0.159. The number of nitrogens with one attached hydrogen (secondary N) is 1. The van der Waals surface area contributed by atoms with Crippen molar-refractivity contribution >= 4 is 55.5 Å². The average Bonchev–Trinajstić information content (AvgIpc) is 2.98. The van der Waals surface area contributed by atoms with Crippen molar-refractivity contribution in [3.63, 3.8) is 0 Å². The van der Waals surface area contributed by atoms with Crippen LogP contribution in [0, 0.1) is 0 Å². The molecular weight excluding hydrogens is 318 g/mol. The fraction of sp³-hybridized carbons (Fsp3) is 0.0833. The summed E-state index contributed by atoms with van der Waals surface area (Å²) in [5, 5.41) is 4.82. The Morgan fingerprint density at radius 3 is 2.95 bits per heavy atom. The molecule has 3 aromatic rings. The van der Waals surface area contributed by atoms with Crippen LogP contribution in [0.4, 0.5) is 5.95 Å². The Kier molecular flexibility index (Phi) is 3.56. The summed E-state index contributed by atoms with van der Waals surface area (Å²) >= 11 is 8.85. The number of thiophene rings is 2. The molecule has 3 aromatic heterocycles. The van der Waals surface area contributed by atoms with Crippen molar-refractivity contribution in [2.45, 2.75) is 0 Å². The highest BCUT2D eigenvalue weighted by atomic mass is 35.5. The minimum atomic E-state index is -0.261. The summed E-state index contributed by atoms with van der Waals surface area (Å²) in [6.45, 7) is 0. The van der Waals surface area contributed by atoms with E-state index in [1.165, 1.54) is 24.5 Å². The van der Waals surface area contributed by atoms with Gasteiger partial charge in [-0.25, -0.2) is 4.98 Å². The summed E-state index contributed by atoms with van der Waals surface area (Å²) in [6, 6.07) is 5.31. The van der Waals surface area contributed by atoms with E-state index in [0.29, 0.717) is 10.8 Å². The zero-order valence-corrected chi connectivity index (χ0v) is 12.6. The smallest absolute Gasteiger partial charge is 0.268 e. The minimum Gasteiger partial charge on any atom is -0.481 e. The molecule has 20 heavy (non-hydrogen) atoms. The number of ether oxygens (including phenoxy) is 1. The van der Waals surface area contributed by atoms with Crippen molar-refractivity contribution in [2.75, 3.05) is 12.4 Å². The summed E-state index contributed by atoms with van der Waals surface area (Å²) in [4.78, 5) is 20.7. The maximum atomic E-state index is 12.1. The number of hydrogen-bond donors (Lipinski definition) is 1. The van der Waals surface area contributed by atoms with Crippen molar-refractivity contribution in [1.82, 2.24) is 9.97 Å². The highest BCUT2D eigenvalue weighted by Crippen LogP contribution is 2.30. The third kappa shape index (κ3) is 2.60. The lowest BCUT2D eigenvalue weighted by Crippen LogP contribution is -2.13. The predicted molar refractivity (Wildman–Crippen MR) is 81.2 cm³/mol. The SMILES string of the molecule is COc1cc(Cl)nc(NC(=O)c2cc3sccc3s2)n1. The third-order valence-electron chi connectivity index (χ3n) is 2.47. The van der Waals surface area contributed by atoms with E-state index in [4.69, 9.17) is 16.3 Å². The van der Waals surface area contributed by atoms with Crippen LogP contribution in [0.1, 0.15) is 9.67 Å². The van der Waals surface area contributed by atoms with Gasteiger partial charge in [0.25, 0.3) is 5.91 Å². The molecule has 0 aliphatic carbocycles. The third-order valence-corrected chi connectivity index (χ3v) is 4.75. The van der Waals surface area contributed by atoms with Crippen LogP contribution in [0.3, 0.4) is 0 Å². The maximum absolute atomic E-state index is 12.1. The lowest BCUT2D eigenvalue weighted by atomic mass is 10.4. The van der Waals surface area contributed by atoms with E-state index in [9.17, 15) is 4.79 Å². The van der Waals surface area contributed by atoms with Crippen LogP contribution in [0.15, 0.2) is 23.6 Å². The average molecular weight is 326 g/mol. The van der Waals surface area contributed by atoms with Gasteiger partial charge in [-0.15, -0.1) is 22.7 Å². The number of carbonyl (C=O) groups excluding carboxylic acids is 1. The predicted octanol–water partition coefficient (Wildman–Crippen LogP) is 3.67. The van der Waals surface area contributed by atoms with Gasteiger partial charge in [0.05, 0.1) is 12.0 Å². The second-order valence-corrected chi connectivity index (χ2v) is 6.19. The Hall–Kier alpha value is -1.70. The molecule has 3 heterocycles. The Bertz CT molecular complexity index is 755. The highest BCUT2D eigenvalue weighted by molar-refractivity contribution is 7.27. The van der Waals surface area contributed by atoms with Gasteiger partial charge in [0.1, 0.15) is 5.15 Å². The highest BCUT2D eigenvalue weighted by Gasteiger charge is 2.13. The van der Waals surface area contributed by atoms with Gasteiger partial charge in [0, 0.05) is 15.5 Å². The Morgan fingerprint density at radius 2 is 2.20 bits per heavy atom. The molecule has 102 valence electrons. The number of hydrogen-bond acceptors (Lipinski definition) is 6.